The summed E-state index contributed by atoms with van der Waals surface area (Å²) in [7, 11) is 1.45. The van der Waals surface area contributed by atoms with Gasteiger partial charge in [-0.3, -0.25) is 4.79 Å². The number of carbonyl (C=O) groups is 1. The Labute approximate surface area is 207 Å². The number of halogens is 3. The van der Waals surface area contributed by atoms with Gasteiger partial charge < -0.3 is 19.8 Å². The fraction of sp³-hybridized carbons (Fsp3) is 0.407. The maximum absolute atomic E-state index is 13.7. The molecule has 1 amide bonds. The summed E-state index contributed by atoms with van der Waals surface area (Å²) in [6, 6.07) is 9.00. The van der Waals surface area contributed by atoms with Gasteiger partial charge in [-0.1, -0.05) is 31.2 Å². The average Bonchev–Trinajstić information content (AvgIpc) is 2.76. The first-order chi connectivity index (χ1) is 16.6. The minimum atomic E-state index is -4.81. The number of ether oxygens (including phenoxy) is 2. The van der Waals surface area contributed by atoms with E-state index in [9.17, 15) is 22.8 Å². The summed E-state index contributed by atoms with van der Waals surface area (Å²) in [5.41, 5.74) is -0.198. The molecule has 0 saturated carbocycles. The van der Waals surface area contributed by atoms with Gasteiger partial charge in [0.2, 0.25) is 0 Å². The summed E-state index contributed by atoms with van der Waals surface area (Å²) in [5.74, 6) is 0.355. The zero-order valence-corrected chi connectivity index (χ0v) is 21.4. The number of aryl methyl sites for hydroxylation is 2. The lowest BCUT2D eigenvalue weighted by molar-refractivity contribution is -0.139. The lowest BCUT2D eigenvalue weighted by Gasteiger charge is -2.21. The number of hydrogen-bond donors (Lipinski definition) is 2. The first-order valence-electron chi connectivity index (χ1n) is 11.5. The molecule has 0 aliphatic carbocycles. The Morgan fingerprint density at radius 1 is 1.11 bits per heavy atom. The molecule has 0 aliphatic heterocycles. The van der Waals surface area contributed by atoms with E-state index in [1.54, 1.807) is 45.9 Å². The molecule has 0 fully saturated rings. The van der Waals surface area contributed by atoms with Gasteiger partial charge in [0.15, 0.2) is 0 Å². The van der Waals surface area contributed by atoms with E-state index < -0.39 is 29.0 Å². The largest absolute Gasteiger partial charge is 0.496 e. The Balaban J connectivity index is 2.05. The predicted molar refractivity (Wildman–Crippen MR) is 134 cm³/mol. The number of aromatic amines is 1. The van der Waals surface area contributed by atoms with Gasteiger partial charge in [-0.15, -0.1) is 0 Å². The SMILES string of the molecule is COc1cc(C)c2[nH]c(=O)c(C(F)(F)F)c(C)c2c1-c1ccc([C@@H](C)CNC(=O)OC(C)(C)C)cc1. The Hall–Kier alpha value is -3.49. The third kappa shape index (κ3) is 5.66. The van der Waals surface area contributed by atoms with Crippen molar-refractivity contribution in [3.63, 3.8) is 0 Å². The number of benzene rings is 2. The third-order valence-corrected chi connectivity index (χ3v) is 5.93. The highest BCUT2D eigenvalue weighted by atomic mass is 19.4. The number of H-pyrrole nitrogens is 1. The number of aromatic nitrogens is 1. The van der Waals surface area contributed by atoms with E-state index >= 15 is 0 Å². The molecule has 6 nitrogen and oxygen atoms in total. The zero-order valence-electron chi connectivity index (χ0n) is 21.4. The minimum Gasteiger partial charge on any atom is -0.496 e. The molecule has 3 rings (SSSR count). The number of pyridine rings is 1. The van der Waals surface area contributed by atoms with E-state index in [0.29, 0.717) is 34.5 Å². The van der Waals surface area contributed by atoms with Crippen LogP contribution in [-0.2, 0) is 10.9 Å². The van der Waals surface area contributed by atoms with Gasteiger partial charge in [0.05, 0.1) is 12.6 Å². The van der Waals surface area contributed by atoms with Crippen LogP contribution in [0.25, 0.3) is 22.0 Å². The fourth-order valence-corrected chi connectivity index (χ4v) is 4.23. The molecule has 2 aromatic carbocycles. The number of hydrogen-bond acceptors (Lipinski definition) is 4. The number of nitrogens with one attached hydrogen (secondary N) is 2. The second kappa shape index (κ2) is 9.87. The molecule has 194 valence electrons. The van der Waals surface area contributed by atoms with Gasteiger partial charge in [-0.2, -0.15) is 13.2 Å². The minimum absolute atomic E-state index is 0.0434. The zero-order chi connectivity index (χ0) is 27.0. The molecule has 1 heterocycles. The highest BCUT2D eigenvalue weighted by molar-refractivity contribution is 6.02. The van der Waals surface area contributed by atoms with Crippen LogP contribution >= 0.6 is 0 Å². The van der Waals surface area contributed by atoms with Crippen molar-refractivity contribution in [1.29, 1.82) is 0 Å². The van der Waals surface area contributed by atoms with Gasteiger partial charge in [0, 0.05) is 17.5 Å². The molecule has 0 saturated heterocycles. The summed E-state index contributed by atoms with van der Waals surface area (Å²) < 4.78 is 52.0. The standard InChI is InChI=1S/C27H31F3N2O4/c1-14-12-19(35-7)21(20-16(3)22(27(28,29)30)24(33)32-23(14)20)18-10-8-17(9-11-18)15(2)13-31-25(34)36-26(4,5)6/h8-12,15H,13H2,1-7H3,(H,31,34)(H,32,33)/t15-/m0/s1. The van der Waals surface area contributed by atoms with Crippen molar-refractivity contribution in [2.45, 2.75) is 59.2 Å². The molecule has 1 aromatic heterocycles. The van der Waals surface area contributed by atoms with Crippen LogP contribution in [0.4, 0.5) is 18.0 Å². The fourth-order valence-electron chi connectivity index (χ4n) is 4.23. The number of alkyl carbamates (subject to hydrolysis) is 1. The van der Waals surface area contributed by atoms with E-state index in [4.69, 9.17) is 9.47 Å². The Morgan fingerprint density at radius 3 is 2.25 bits per heavy atom. The summed E-state index contributed by atoms with van der Waals surface area (Å²) in [4.78, 5) is 26.7. The number of alkyl halides is 3. The van der Waals surface area contributed by atoms with Crippen LogP contribution in [-0.4, -0.2) is 30.3 Å². The van der Waals surface area contributed by atoms with Crippen molar-refractivity contribution in [3.8, 4) is 16.9 Å². The molecule has 3 aromatic rings. The summed E-state index contributed by atoms with van der Waals surface area (Å²) in [6.07, 6.45) is -5.31. The van der Waals surface area contributed by atoms with Crippen LogP contribution in [0.2, 0.25) is 0 Å². The quantitative estimate of drug-likeness (QED) is 0.418. The Kier molecular flexibility index (Phi) is 7.43. The average molecular weight is 505 g/mol. The van der Waals surface area contributed by atoms with Crippen molar-refractivity contribution in [2.75, 3.05) is 13.7 Å². The van der Waals surface area contributed by atoms with Gasteiger partial charge in [0.25, 0.3) is 5.56 Å². The smallest absolute Gasteiger partial charge is 0.421 e. The van der Waals surface area contributed by atoms with Crippen molar-refractivity contribution in [3.05, 3.63) is 62.9 Å². The van der Waals surface area contributed by atoms with Crippen molar-refractivity contribution >= 4 is 17.0 Å². The molecule has 9 heteroatoms. The number of fused-ring (bicyclic) bond motifs is 1. The second-order valence-corrected chi connectivity index (χ2v) is 9.88. The summed E-state index contributed by atoms with van der Waals surface area (Å²) in [6.45, 7) is 10.7. The van der Waals surface area contributed by atoms with Crippen molar-refractivity contribution < 1.29 is 27.4 Å². The van der Waals surface area contributed by atoms with Crippen LogP contribution in [0, 0.1) is 13.8 Å². The molecule has 0 spiro atoms. The topological polar surface area (TPSA) is 80.4 Å². The first-order valence-corrected chi connectivity index (χ1v) is 11.5. The highest BCUT2D eigenvalue weighted by Gasteiger charge is 2.37. The highest BCUT2D eigenvalue weighted by Crippen LogP contribution is 2.42. The number of carbonyl (C=O) groups excluding carboxylic acids is 1. The van der Waals surface area contributed by atoms with E-state index in [1.165, 1.54) is 14.0 Å². The third-order valence-electron chi connectivity index (χ3n) is 5.93. The molecule has 36 heavy (non-hydrogen) atoms. The Morgan fingerprint density at radius 2 is 1.72 bits per heavy atom. The summed E-state index contributed by atoms with van der Waals surface area (Å²) in [5, 5.41) is 3.03. The molecule has 0 bridgehead atoms. The van der Waals surface area contributed by atoms with Crippen molar-refractivity contribution in [1.82, 2.24) is 10.3 Å². The van der Waals surface area contributed by atoms with E-state index in [0.717, 1.165) is 5.56 Å². The normalized spacial score (nSPS) is 12.9. The Bertz CT molecular complexity index is 1340. The van der Waals surface area contributed by atoms with Crippen LogP contribution in [0.15, 0.2) is 35.1 Å². The molecule has 0 unspecified atom stereocenters. The van der Waals surface area contributed by atoms with E-state index in [2.05, 4.69) is 10.3 Å². The molecule has 1 atom stereocenters. The van der Waals surface area contributed by atoms with Crippen LogP contribution in [0.5, 0.6) is 5.75 Å². The van der Waals surface area contributed by atoms with Gasteiger partial charge >= 0.3 is 12.3 Å². The number of rotatable bonds is 5. The maximum Gasteiger partial charge on any atom is 0.421 e. The lowest BCUT2D eigenvalue weighted by Crippen LogP contribution is -2.34. The van der Waals surface area contributed by atoms with E-state index in [1.807, 2.05) is 19.1 Å². The molecule has 0 aliphatic rings. The van der Waals surface area contributed by atoms with Crippen molar-refractivity contribution in [2.24, 2.45) is 0 Å². The molecule has 0 radical (unpaired) electrons. The molecular formula is C27H31F3N2O4. The maximum atomic E-state index is 13.7. The summed E-state index contributed by atoms with van der Waals surface area (Å²) >= 11 is 0. The van der Waals surface area contributed by atoms with Gasteiger partial charge in [-0.25, -0.2) is 4.79 Å². The predicted octanol–water partition coefficient (Wildman–Crippen LogP) is 6.47. The number of methoxy groups -OCH3 is 1. The van der Waals surface area contributed by atoms with Crippen LogP contribution in [0.3, 0.4) is 0 Å². The van der Waals surface area contributed by atoms with E-state index in [-0.39, 0.29) is 16.9 Å². The second-order valence-electron chi connectivity index (χ2n) is 9.88. The molecular weight excluding hydrogens is 473 g/mol. The van der Waals surface area contributed by atoms with Gasteiger partial charge in [-0.05, 0) is 68.9 Å². The lowest BCUT2D eigenvalue weighted by atomic mass is 9.91. The molecule has 2 N–H and O–H groups in total. The van der Waals surface area contributed by atoms with Gasteiger partial charge in [0.1, 0.15) is 16.9 Å². The van der Waals surface area contributed by atoms with Crippen LogP contribution in [0.1, 0.15) is 55.9 Å². The monoisotopic (exact) mass is 504 g/mol. The van der Waals surface area contributed by atoms with Crippen LogP contribution < -0.4 is 15.6 Å². The number of amides is 1. The first kappa shape index (κ1) is 27.1.